The molecule has 5 heteroatoms. The standard InChI is InChI=1S/C10H9NO4/c1-2-5-15-10-6-8(7-12)3-4-9(10)11(13)14/h2-4,6-7H,1,5H2. The first kappa shape index (κ1) is 10.9. The second-order valence-corrected chi connectivity index (χ2v) is 2.70. The van der Waals surface area contributed by atoms with Crippen LogP contribution in [0.3, 0.4) is 0 Å². The number of carbonyl (C=O) groups is 1. The SMILES string of the molecule is C=CCOc1cc(C=O)ccc1[N+](=O)[O-]. The van der Waals surface area contributed by atoms with E-state index in [9.17, 15) is 14.9 Å². The third kappa shape index (κ3) is 2.63. The highest BCUT2D eigenvalue weighted by molar-refractivity contribution is 5.76. The molecule has 0 aliphatic heterocycles. The third-order valence-corrected chi connectivity index (χ3v) is 1.67. The van der Waals surface area contributed by atoms with E-state index < -0.39 is 4.92 Å². The van der Waals surface area contributed by atoms with Gasteiger partial charge in [0, 0.05) is 11.6 Å². The molecular weight excluding hydrogens is 198 g/mol. The minimum atomic E-state index is -0.562. The van der Waals surface area contributed by atoms with Crippen molar-refractivity contribution in [1.82, 2.24) is 0 Å². The summed E-state index contributed by atoms with van der Waals surface area (Å²) < 4.78 is 5.07. The van der Waals surface area contributed by atoms with Crippen LogP contribution in [0.1, 0.15) is 10.4 Å². The molecule has 0 atom stereocenters. The van der Waals surface area contributed by atoms with Gasteiger partial charge in [-0.15, -0.1) is 0 Å². The van der Waals surface area contributed by atoms with E-state index in [1.54, 1.807) is 0 Å². The van der Waals surface area contributed by atoms with Crippen LogP contribution >= 0.6 is 0 Å². The average Bonchev–Trinajstić information content (AvgIpc) is 2.25. The molecule has 0 aromatic heterocycles. The molecule has 0 aliphatic rings. The molecule has 1 aromatic carbocycles. The van der Waals surface area contributed by atoms with Crippen molar-refractivity contribution in [3.8, 4) is 5.75 Å². The Morgan fingerprint density at radius 2 is 2.27 bits per heavy atom. The van der Waals surface area contributed by atoms with Crippen molar-refractivity contribution in [3.63, 3.8) is 0 Å². The third-order valence-electron chi connectivity index (χ3n) is 1.67. The largest absolute Gasteiger partial charge is 0.483 e. The van der Waals surface area contributed by atoms with Crippen molar-refractivity contribution in [1.29, 1.82) is 0 Å². The summed E-state index contributed by atoms with van der Waals surface area (Å²) in [6, 6.07) is 3.93. The Labute approximate surface area is 86.1 Å². The average molecular weight is 207 g/mol. The van der Waals surface area contributed by atoms with E-state index in [0.29, 0.717) is 11.8 Å². The maximum Gasteiger partial charge on any atom is 0.310 e. The maximum absolute atomic E-state index is 10.6. The zero-order chi connectivity index (χ0) is 11.3. The topological polar surface area (TPSA) is 69.4 Å². The molecule has 0 aliphatic carbocycles. The summed E-state index contributed by atoms with van der Waals surface area (Å²) in [6.45, 7) is 3.58. The lowest BCUT2D eigenvalue weighted by Gasteiger charge is -2.04. The molecule has 0 unspecified atom stereocenters. The van der Waals surface area contributed by atoms with Crippen molar-refractivity contribution < 1.29 is 14.5 Å². The van der Waals surface area contributed by atoms with Crippen molar-refractivity contribution in [2.24, 2.45) is 0 Å². The van der Waals surface area contributed by atoms with Gasteiger partial charge >= 0.3 is 5.69 Å². The van der Waals surface area contributed by atoms with Crippen molar-refractivity contribution in [2.45, 2.75) is 0 Å². The highest BCUT2D eigenvalue weighted by Gasteiger charge is 2.14. The van der Waals surface area contributed by atoms with Gasteiger partial charge in [-0.1, -0.05) is 12.7 Å². The normalized spacial score (nSPS) is 9.33. The van der Waals surface area contributed by atoms with Crippen LogP contribution in [-0.2, 0) is 0 Å². The number of aldehydes is 1. The summed E-state index contributed by atoms with van der Waals surface area (Å²) in [6.07, 6.45) is 2.07. The number of nitro groups is 1. The molecule has 0 amide bonds. The number of ether oxygens (including phenoxy) is 1. The van der Waals surface area contributed by atoms with Gasteiger partial charge in [-0.05, 0) is 12.1 Å². The smallest absolute Gasteiger partial charge is 0.310 e. The lowest BCUT2D eigenvalue weighted by Crippen LogP contribution is -1.99. The fourth-order valence-corrected chi connectivity index (χ4v) is 1.02. The van der Waals surface area contributed by atoms with Crippen molar-refractivity contribution in [2.75, 3.05) is 6.61 Å². The number of nitrogens with zero attached hydrogens (tertiary/aromatic N) is 1. The van der Waals surface area contributed by atoms with Gasteiger partial charge in [0.1, 0.15) is 12.9 Å². The zero-order valence-corrected chi connectivity index (χ0v) is 7.88. The van der Waals surface area contributed by atoms with Gasteiger partial charge in [0.2, 0.25) is 0 Å². The molecule has 0 fully saturated rings. The van der Waals surface area contributed by atoms with Crippen LogP contribution in [-0.4, -0.2) is 17.8 Å². The van der Waals surface area contributed by atoms with Crippen LogP contribution in [0.4, 0.5) is 5.69 Å². The van der Waals surface area contributed by atoms with E-state index in [0.717, 1.165) is 0 Å². The Balaban J connectivity index is 3.09. The number of hydrogen-bond acceptors (Lipinski definition) is 4. The van der Waals surface area contributed by atoms with Crippen LogP contribution in [0.15, 0.2) is 30.9 Å². The Kier molecular flexibility index (Phi) is 3.56. The van der Waals surface area contributed by atoms with Gasteiger partial charge < -0.3 is 4.74 Å². The van der Waals surface area contributed by atoms with E-state index in [-0.39, 0.29) is 18.0 Å². The van der Waals surface area contributed by atoms with Gasteiger partial charge in [-0.2, -0.15) is 0 Å². The second-order valence-electron chi connectivity index (χ2n) is 2.70. The van der Waals surface area contributed by atoms with Crippen molar-refractivity contribution >= 4 is 12.0 Å². The minimum Gasteiger partial charge on any atom is -0.483 e. The lowest BCUT2D eigenvalue weighted by molar-refractivity contribution is -0.385. The van der Waals surface area contributed by atoms with Gasteiger partial charge in [-0.25, -0.2) is 0 Å². The van der Waals surface area contributed by atoms with E-state index >= 15 is 0 Å². The van der Waals surface area contributed by atoms with E-state index in [1.165, 1.54) is 24.3 Å². The summed E-state index contributed by atoms with van der Waals surface area (Å²) in [4.78, 5) is 20.5. The van der Waals surface area contributed by atoms with Gasteiger partial charge in [-0.3, -0.25) is 14.9 Å². The van der Waals surface area contributed by atoms with E-state index in [4.69, 9.17) is 4.74 Å². The van der Waals surface area contributed by atoms with Crippen LogP contribution in [0.25, 0.3) is 0 Å². The molecule has 0 saturated carbocycles. The summed E-state index contributed by atoms with van der Waals surface area (Å²) in [7, 11) is 0. The molecular formula is C10H9NO4. The molecule has 15 heavy (non-hydrogen) atoms. The molecule has 0 heterocycles. The first-order chi connectivity index (χ1) is 7.19. The Morgan fingerprint density at radius 3 is 2.80 bits per heavy atom. The molecule has 78 valence electrons. The maximum atomic E-state index is 10.6. The molecule has 5 nitrogen and oxygen atoms in total. The number of nitro benzene ring substituents is 1. The monoisotopic (exact) mass is 207 g/mol. The van der Waals surface area contributed by atoms with E-state index in [2.05, 4.69) is 6.58 Å². The number of carbonyl (C=O) groups excluding carboxylic acids is 1. The molecule has 0 spiro atoms. The predicted octanol–water partition coefficient (Wildman–Crippen LogP) is 1.97. The Morgan fingerprint density at radius 1 is 1.53 bits per heavy atom. The first-order valence-electron chi connectivity index (χ1n) is 4.16. The summed E-state index contributed by atoms with van der Waals surface area (Å²) in [5.74, 6) is 0.0736. The zero-order valence-electron chi connectivity index (χ0n) is 7.88. The fourth-order valence-electron chi connectivity index (χ4n) is 1.02. The minimum absolute atomic E-state index is 0.0736. The van der Waals surface area contributed by atoms with Crippen LogP contribution in [0, 0.1) is 10.1 Å². The molecule has 1 rings (SSSR count). The number of benzene rings is 1. The molecule has 0 saturated heterocycles. The first-order valence-corrected chi connectivity index (χ1v) is 4.16. The summed E-state index contributed by atoms with van der Waals surface area (Å²) >= 11 is 0. The highest BCUT2D eigenvalue weighted by atomic mass is 16.6. The van der Waals surface area contributed by atoms with Crippen LogP contribution in [0.2, 0.25) is 0 Å². The fraction of sp³-hybridized carbons (Fsp3) is 0.100. The Hall–Kier alpha value is -2.17. The van der Waals surface area contributed by atoms with Gasteiger partial charge in [0.25, 0.3) is 0 Å². The summed E-state index contributed by atoms with van der Waals surface area (Å²) in [5.41, 5.74) is 0.169. The molecule has 0 N–H and O–H groups in total. The number of hydrogen-bond donors (Lipinski definition) is 0. The molecule has 0 radical (unpaired) electrons. The molecule has 0 bridgehead atoms. The van der Waals surface area contributed by atoms with Crippen LogP contribution < -0.4 is 4.74 Å². The second kappa shape index (κ2) is 4.90. The lowest BCUT2D eigenvalue weighted by atomic mass is 10.2. The van der Waals surface area contributed by atoms with Gasteiger partial charge in [0.05, 0.1) is 4.92 Å². The molecule has 1 aromatic rings. The predicted molar refractivity (Wildman–Crippen MR) is 54.2 cm³/mol. The quantitative estimate of drug-likeness (QED) is 0.320. The van der Waals surface area contributed by atoms with Gasteiger partial charge in [0.15, 0.2) is 5.75 Å². The van der Waals surface area contributed by atoms with Crippen molar-refractivity contribution in [3.05, 3.63) is 46.5 Å². The highest BCUT2D eigenvalue weighted by Crippen LogP contribution is 2.27. The van der Waals surface area contributed by atoms with Crippen LogP contribution in [0.5, 0.6) is 5.75 Å². The van der Waals surface area contributed by atoms with E-state index in [1.807, 2.05) is 0 Å². The Bertz CT molecular complexity index is 400. The summed E-state index contributed by atoms with van der Waals surface area (Å²) in [5, 5.41) is 10.6. The number of rotatable bonds is 5.